The van der Waals surface area contributed by atoms with Crippen molar-refractivity contribution in [3.05, 3.63) is 0 Å². The first-order valence-corrected chi connectivity index (χ1v) is 5.16. The summed E-state index contributed by atoms with van der Waals surface area (Å²) in [5, 5.41) is 5.05. The summed E-state index contributed by atoms with van der Waals surface area (Å²) in [4.78, 5) is 13.0. The lowest BCUT2D eigenvalue weighted by atomic mass is 10.2. The number of carbonyl (C=O) groups excluding carboxylic acids is 1. The van der Waals surface area contributed by atoms with E-state index in [1.807, 2.05) is 17.1 Å². The normalized spacial score (nSPS) is 23.1. The van der Waals surface area contributed by atoms with Gasteiger partial charge >= 0.3 is 6.18 Å². The van der Waals surface area contributed by atoms with Crippen LogP contribution in [-0.4, -0.2) is 55.7 Å². The molecule has 1 rings (SSSR count). The number of hydrogen-bond donors (Lipinski definition) is 2. The van der Waals surface area contributed by atoms with Crippen LogP contribution in [0.2, 0.25) is 0 Å². The molecule has 1 aliphatic rings. The third-order valence-corrected chi connectivity index (χ3v) is 2.31. The zero-order valence-electron chi connectivity index (χ0n) is 9.10. The largest absolute Gasteiger partial charge is 0.405 e. The van der Waals surface area contributed by atoms with Crippen molar-refractivity contribution in [1.29, 1.82) is 0 Å². The fourth-order valence-electron chi connectivity index (χ4n) is 1.61. The molecule has 1 fully saturated rings. The molecule has 0 aromatic carbocycles. The zero-order valence-corrected chi connectivity index (χ0v) is 9.10. The first-order chi connectivity index (χ1) is 7.37. The van der Waals surface area contributed by atoms with Crippen LogP contribution in [0.3, 0.4) is 0 Å². The van der Waals surface area contributed by atoms with E-state index in [1.54, 1.807) is 0 Å². The fourth-order valence-corrected chi connectivity index (χ4v) is 1.61. The minimum Gasteiger partial charge on any atom is -0.346 e. The number of nitrogens with zero attached hydrogens (tertiary/aromatic N) is 1. The van der Waals surface area contributed by atoms with Crippen molar-refractivity contribution in [3.8, 4) is 0 Å². The summed E-state index contributed by atoms with van der Waals surface area (Å²) in [7, 11) is 0. The molecule has 1 heterocycles. The van der Waals surface area contributed by atoms with Crippen molar-refractivity contribution in [2.45, 2.75) is 19.1 Å². The van der Waals surface area contributed by atoms with Crippen LogP contribution in [0.1, 0.15) is 6.92 Å². The number of piperazine rings is 1. The molecule has 0 aromatic heterocycles. The van der Waals surface area contributed by atoms with Gasteiger partial charge in [-0.25, -0.2) is 0 Å². The van der Waals surface area contributed by atoms with E-state index in [-0.39, 0.29) is 12.6 Å². The van der Waals surface area contributed by atoms with Crippen molar-refractivity contribution in [1.82, 2.24) is 15.5 Å². The Labute approximate surface area is 92.2 Å². The first-order valence-electron chi connectivity index (χ1n) is 5.16. The van der Waals surface area contributed by atoms with Crippen LogP contribution < -0.4 is 10.6 Å². The van der Waals surface area contributed by atoms with E-state index in [1.165, 1.54) is 0 Å². The molecule has 0 saturated carbocycles. The molecule has 0 aromatic rings. The van der Waals surface area contributed by atoms with Crippen LogP contribution in [0.15, 0.2) is 0 Å². The van der Waals surface area contributed by atoms with Gasteiger partial charge in [0.05, 0.1) is 6.54 Å². The molecule has 0 bridgehead atoms. The van der Waals surface area contributed by atoms with Gasteiger partial charge in [-0.1, -0.05) is 0 Å². The van der Waals surface area contributed by atoms with Crippen molar-refractivity contribution in [2.24, 2.45) is 0 Å². The Bertz CT molecular complexity index is 245. The molecule has 16 heavy (non-hydrogen) atoms. The summed E-state index contributed by atoms with van der Waals surface area (Å²) in [6.07, 6.45) is -4.34. The van der Waals surface area contributed by atoms with Gasteiger partial charge in [0.2, 0.25) is 5.91 Å². The number of carbonyl (C=O) groups is 1. The summed E-state index contributed by atoms with van der Waals surface area (Å²) in [5.41, 5.74) is 0. The SMILES string of the molecule is C[C@@H]1CN(CC(=O)NCC(F)(F)F)CCN1. The van der Waals surface area contributed by atoms with Crippen LogP contribution in [0.25, 0.3) is 0 Å². The topological polar surface area (TPSA) is 44.4 Å². The van der Waals surface area contributed by atoms with E-state index in [9.17, 15) is 18.0 Å². The Morgan fingerprint density at radius 2 is 2.25 bits per heavy atom. The van der Waals surface area contributed by atoms with Crippen LogP contribution in [0.5, 0.6) is 0 Å². The lowest BCUT2D eigenvalue weighted by Crippen LogP contribution is -2.52. The molecular formula is C9H16F3N3O. The van der Waals surface area contributed by atoms with Crippen molar-refractivity contribution >= 4 is 5.91 Å². The van der Waals surface area contributed by atoms with Crippen LogP contribution in [0, 0.1) is 0 Å². The second-order valence-electron chi connectivity index (χ2n) is 3.98. The Balaban J connectivity index is 2.23. The molecule has 0 unspecified atom stereocenters. The molecule has 0 radical (unpaired) electrons. The van der Waals surface area contributed by atoms with Crippen molar-refractivity contribution in [3.63, 3.8) is 0 Å². The molecule has 1 saturated heterocycles. The average molecular weight is 239 g/mol. The molecule has 0 spiro atoms. The molecule has 7 heteroatoms. The monoisotopic (exact) mass is 239 g/mol. The Kier molecular flexibility index (Phi) is 4.55. The van der Waals surface area contributed by atoms with E-state index >= 15 is 0 Å². The lowest BCUT2D eigenvalue weighted by Gasteiger charge is -2.31. The summed E-state index contributed by atoms with van der Waals surface area (Å²) in [5.74, 6) is -0.577. The van der Waals surface area contributed by atoms with E-state index in [2.05, 4.69) is 5.32 Å². The minimum absolute atomic E-state index is 0.0299. The standard InChI is InChI=1S/C9H16F3N3O/c1-7-4-15(3-2-13-7)5-8(16)14-6-9(10,11)12/h7,13H,2-6H2,1H3,(H,14,16)/t7-/m1/s1. The van der Waals surface area contributed by atoms with Crippen LogP contribution >= 0.6 is 0 Å². The van der Waals surface area contributed by atoms with E-state index < -0.39 is 18.6 Å². The van der Waals surface area contributed by atoms with Gasteiger partial charge in [-0.2, -0.15) is 13.2 Å². The molecule has 4 nitrogen and oxygen atoms in total. The molecule has 94 valence electrons. The highest BCUT2D eigenvalue weighted by Crippen LogP contribution is 2.12. The van der Waals surface area contributed by atoms with Crippen LogP contribution in [0.4, 0.5) is 13.2 Å². The van der Waals surface area contributed by atoms with Gasteiger partial charge in [0.15, 0.2) is 0 Å². The van der Waals surface area contributed by atoms with E-state index in [0.29, 0.717) is 13.1 Å². The molecule has 1 atom stereocenters. The Morgan fingerprint density at radius 3 is 2.81 bits per heavy atom. The van der Waals surface area contributed by atoms with Gasteiger partial charge < -0.3 is 10.6 Å². The third kappa shape index (κ3) is 5.32. The molecule has 2 N–H and O–H groups in total. The molecule has 1 aliphatic heterocycles. The van der Waals surface area contributed by atoms with Gasteiger partial charge in [-0.3, -0.25) is 9.69 Å². The predicted molar refractivity (Wildman–Crippen MR) is 53.0 cm³/mol. The van der Waals surface area contributed by atoms with Crippen LogP contribution in [-0.2, 0) is 4.79 Å². The summed E-state index contributed by atoms with van der Waals surface area (Å²) < 4.78 is 35.5. The van der Waals surface area contributed by atoms with Gasteiger partial charge in [-0.05, 0) is 6.92 Å². The molecular weight excluding hydrogens is 223 g/mol. The summed E-state index contributed by atoms with van der Waals surface area (Å²) in [6, 6.07) is 0.268. The number of rotatable bonds is 3. The number of nitrogens with one attached hydrogen (secondary N) is 2. The quantitative estimate of drug-likeness (QED) is 0.726. The number of hydrogen-bond acceptors (Lipinski definition) is 3. The summed E-state index contributed by atoms with van der Waals surface area (Å²) in [6.45, 7) is 2.87. The third-order valence-electron chi connectivity index (χ3n) is 2.31. The minimum atomic E-state index is -4.34. The van der Waals surface area contributed by atoms with E-state index in [0.717, 1.165) is 6.54 Å². The maximum atomic E-state index is 11.8. The smallest absolute Gasteiger partial charge is 0.346 e. The number of halogens is 3. The van der Waals surface area contributed by atoms with Gasteiger partial charge in [-0.15, -0.1) is 0 Å². The number of alkyl halides is 3. The Morgan fingerprint density at radius 1 is 1.56 bits per heavy atom. The highest BCUT2D eigenvalue weighted by atomic mass is 19.4. The maximum Gasteiger partial charge on any atom is 0.405 e. The van der Waals surface area contributed by atoms with E-state index in [4.69, 9.17) is 0 Å². The average Bonchev–Trinajstić information content (AvgIpc) is 2.14. The van der Waals surface area contributed by atoms with Gasteiger partial charge in [0, 0.05) is 25.7 Å². The van der Waals surface area contributed by atoms with Gasteiger partial charge in [0.1, 0.15) is 6.54 Å². The number of amides is 1. The summed E-state index contributed by atoms with van der Waals surface area (Å²) >= 11 is 0. The highest BCUT2D eigenvalue weighted by Gasteiger charge is 2.28. The fraction of sp³-hybridized carbons (Fsp3) is 0.889. The van der Waals surface area contributed by atoms with Gasteiger partial charge in [0.25, 0.3) is 0 Å². The zero-order chi connectivity index (χ0) is 12.2. The van der Waals surface area contributed by atoms with Crippen molar-refractivity contribution in [2.75, 3.05) is 32.7 Å². The molecule has 0 aliphatic carbocycles. The maximum absolute atomic E-state index is 11.8. The lowest BCUT2D eigenvalue weighted by molar-refractivity contribution is -0.139. The Hall–Kier alpha value is -0.820. The van der Waals surface area contributed by atoms with Crippen molar-refractivity contribution < 1.29 is 18.0 Å². The first kappa shape index (κ1) is 13.2. The molecule has 1 amide bonds. The highest BCUT2D eigenvalue weighted by molar-refractivity contribution is 5.78. The second kappa shape index (κ2) is 5.49. The predicted octanol–water partition coefficient (Wildman–Crippen LogP) is -0.0414. The second-order valence-corrected chi connectivity index (χ2v) is 3.98.